The van der Waals surface area contributed by atoms with Crippen LogP contribution in [0.1, 0.15) is 45.4 Å². The quantitative estimate of drug-likeness (QED) is 0.476. The third kappa shape index (κ3) is 5.83. The topological polar surface area (TPSA) is 36.9 Å². The predicted octanol–water partition coefficient (Wildman–Crippen LogP) is 5.28. The van der Waals surface area contributed by atoms with Crippen LogP contribution in [0.3, 0.4) is 0 Å². The molecule has 0 radical (unpaired) electrons. The second-order valence-corrected chi connectivity index (χ2v) is 10.4. The molecular weight excluding hydrogens is 473 g/mol. The lowest BCUT2D eigenvalue weighted by Gasteiger charge is -2.44. The van der Waals surface area contributed by atoms with Gasteiger partial charge in [0, 0.05) is 31.3 Å². The van der Waals surface area contributed by atoms with Crippen LogP contribution in [-0.2, 0) is 18.9 Å². The van der Waals surface area contributed by atoms with Gasteiger partial charge < -0.3 is 18.9 Å². The first-order valence-corrected chi connectivity index (χ1v) is 12.2. The molecule has 4 nitrogen and oxygen atoms in total. The van der Waals surface area contributed by atoms with Crippen LogP contribution in [0.2, 0.25) is 0 Å². The molecule has 0 spiro atoms. The van der Waals surface area contributed by atoms with Crippen molar-refractivity contribution in [1.82, 2.24) is 0 Å². The maximum atomic E-state index is 14.8. The van der Waals surface area contributed by atoms with Crippen molar-refractivity contribution in [3.8, 4) is 0 Å². The van der Waals surface area contributed by atoms with Gasteiger partial charge in [0.15, 0.2) is 12.5 Å². The van der Waals surface area contributed by atoms with Gasteiger partial charge >= 0.3 is 6.11 Å². The minimum Gasteiger partial charge on any atom is -0.377 e. The zero-order chi connectivity index (χ0) is 24.6. The second-order valence-electron chi connectivity index (χ2n) is 10.4. The molecule has 2 heterocycles. The normalized spacial score (nSPS) is 49.1. The molecular formula is C23H33F7O4. The summed E-state index contributed by atoms with van der Waals surface area (Å²) >= 11 is 0. The van der Waals surface area contributed by atoms with Crippen LogP contribution in [0, 0.1) is 23.7 Å². The summed E-state index contributed by atoms with van der Waals surface area (Å²) in [5, 5.41) is 0. The van der Waals surface area contributed by atoms with E-state index in [1.165, 1.54) is 0 Å². The molecule has 0 bridgehead atoms. The molecule has 0 N–H and O–H groups in total. The summed E-state index contributed by atoms with van der Waals surface area (Å²) in [4.78, 5) is 0. The Hall–Kier alpha value is -0.650. The van der Waals surface area contributed by atoms with Crippen molar-refractivity contribution in [2.24, 2.45) is 23.7 Å². The van der Waals surface area contributed by atoms with E-state index in [2.05, 4.69) is 11.7 Å². The van der Waals surface area contributed by atoms with E-state index in [0.29, 0.717) is 25.7 Å². The van der Waals surface area contributed by atoms with Crippen molar-refractivity contribution >= 4 is 0 Å². The van der Waals surface area contributed by atoms with Gasteiger partial charge in [-0.25, -0.2) is 22.0 Å². The van der Waals surface area contributed by atoms with Crippen LogP contribution in [0.4, 0.5) is 30.7 Å². The Labute approximate surface area is 194 Å². The van der Waals surface area contributed by atoms with Crippen molar-refractivity contribution in [3.63, 3.8) is 0 Å². The van der Waals surface area contributed by atoms with Gasteiger partial charge in [-0.2, -0.15) is 8.78 Å². The average molecular weight is 506 g/mol. The van der Waals surface area contributed by atoms with Crippen LogP contribution in [0.15, 0.2) is 0 Å². The number of hydrogen-bond acceptors (Lipinski definition) is 4. The van der Waals surface area contributed by atoms with E-state index in [9.17, 15) is 30.7 Å². The summed E-state index contributed by atoms with van der Waals surface area (Å²) in [7, 11) is 0. The zero-order valence-electron chi connectivity index (χ0n) is 19.1. The lowest BCUT2D eigenvalue weighted by Crippen LogP contribution is -2.53. The van der Waals surface area contributed by atoms with Gasteiger partial charge in [0.05, 0.1) is 25.4 Å². The summed E-state index contributed by atoms with van der Waals surface area (Å²) in [6.07, 6.45) is -19.0. The molecule has 4 aliphatic rings. The molecule has 2 saturated carbocycles. The highest BCUT2D eigenvalue weighted by Gasteiger charge is 2.57. The molecule has 2 aliphatic carbocycles. The Balaban J connectivity index is 1.29. The van der Waals surface area contributed by atoms with E-state index in [1.54, 1.807) is 0 Å². The van der Waals surface area contributed by atoms with Crippen molar-refractivity contribution in [1.29, 1.82) is 0 Å². The lowest BCUT2D eigenvalue weighted by atomic mass is 9.77. The Bertz CT molecular complexity index is 633. The maximum absolute atomic E-state index is 14.8. The number of ether oxygens (including phenoxy) is 4. The van der Waals surface area contributed by atoms with Crippen LogP contribution < -0.4 is 0 Å². The highest BCUT2D eigenvalue weighted by molar-refractivity contribution is 4.95. The first kappa shape index (κ1) is 26.4. The second kappa shape index (κ2) is 10.8. The van der Waals surface area contributed by atoms with E-state index in [0.717, 1.165) is 12.8 Å². The monoisotopic (exact) mass is 506 g/mol. The van der Waals surface area contributed by atoms with Gasteiger partial charge in [0.25, 0.3) is 0 Å². The van der Waals surface area contributed by atoms with Crippen LogP contribution in [-0.4, -0.2) is 75.3 Å². The smallest absolute Gasteiger partial charge is 0.364 e. The van der Waals surface area contributed by atoms with Crippen molar-refractivity contribution in [3.05, 3.63) is 0 Å². The minimum absolute atomic E-state index is 0.00163. The maximum Gasteiger partial charge on any atom is 0.364 e. The summed E-state index contributed by atoms with van der Waals surface area (Å²) in [5.74, 6) is -2.71. The molecule has 2 aliphatic heterocycles. The first-order chi connectivity index (χ1) is 16.0. The van der Waals surface area contributed by atoms with Crippen molar-refractivity contribution in [2.45, 2.75) is 101 Å². The molecule has 4 rings (SSSR count). The fourth-order valence-corrected chi connectivity index (χ4v) is 5.61. The van der Waals surface area contributed by atoms with Gasteiger partial charge in [0.2, 0.25) is 0 Å². The Morgan fingerprint density at radius 2 is 1.29 bits per heavy atom. The Morgan fingerprint density at radius 3 is 1.82 bits per heavy atom. The fraction of sp³-hybridized carbons (Fsp3) is 1.00. The number of alkyl halides is 7. The molecule has 34 heavy (non-hydrogen) atoms. The van der Waals surface area contributed by atoms with E-state index in [1.807, 2.05) is 0 Å². The number of hydrogen-bond donors (Lipinski definition) is 0. The molecule has 11 heteroatoms. The van der Waals surface area contributed by atoms with Crippen LogP contribution in [0.25, 0.3) is 0 Å². The molecule has 198 valence electrons. The molecule has 0 aromatic rings. The van der Waals surface area contributed by atoms with Crippen LogP contribution >= 0.6 is 0 Å². The molecule has 0 amide bonds. The zero-order valence-corrected chi connectivity index (χ0v) is 19.1. The summed E-state index contributed by atoms with van der Waals surface area (Å²) in [5.41, 5.74) is 0. The standard InChI is InChI=1S/C23H33F7O4/c1-11-2-3-19(31-8-11)13-9-32-22(33-10-13)12-4-15(24)20(16(25)5-12)23(29,30)34-14-6-17(26)21(28)18(27)7-14/h11-22H,2-10H2,1H3. The van der Waals surface area contributed by atoms with E-state index in [-0.39, 0.29) is 12.0 Å². The first-order valence-electron chi connectivity index (χ1n) is 12.2. The van der Waals surface area contributed by atoms with E-state index >= 15 is 0 Å². The molecule has 4 fully saturated rings. The molecule has 6 atom stereocenters. The number of halogens is 7. The lowest BCUT2D eigenvalue weighted by molar-refractivity contribution is -0.328. The summed E-state index contributed by atoms with van der Waals surface area (Å²) < 4.78 is 121. The minimum atomic E-state index is -4.30. The van der Waals surface area contributed by atoms with Crippen molar-refractivity contribution < 1.29 is 49.7 Å². The van der Waals surface area contributed by atoms with Gasteiger partial charge in [-0.1, -0.05) is 6.92 Å². The molecule has 2 saturated heterocycles. The highest BCUT2D eigenvalue weighted by atomic mass is 19.3. The Kier molecular flexibility index (Phi) is 8.36. The fourth-order valence-electron chi connectivity index (χ4n) is 5.61. The molecule has 6 unspecified atom stereocenters. The SMILES string of the molecule is CC1CCC(C2COC(C3CC(F)C(C(F)(F)OC4CC(F)C(F)C(F)C4)C(F)C3)OC2)OC1. The highest BCUT2D eigenvalue weighted by Crippen LogP contribution is 2.46. The third-order valence-electron chi connectivity index (χ3n) is 7.61. The van der Waals surface area contributed by atoms with Gasteiger partial charge in [-0.3, -0.25) is 0 Å². The van der Waals surface area contributed by atoms with Gasteiger partial charge in [-0.15, -0.1) is 0 Å². The molecule has 0 aromatic carbocycles. The third-order valence-corrected chi connectivity index (χ3v) is 7.61. The predicted molar refractivity (Wildman–Crippen MR) is 107 cm³/mol. The summed E-state index contributed by atoms with van der Waals surface area (Å²) in [6.45, 7) is 3.35. The van der Waals surface area contributed by atoms with Gasteiger partial charge in [-0.05, 0) is 31.6 Å². The molecule has 0 aromatic heterocycles. The average Bonchev–Trinajstić information content (AvgIpc) is 2.77. The Morgan fingerprint density at radius 1 is 0.706 bits per heavy atom. The van der Waals surface area contributed by atoms with Crippen molar-refractivity contribution in [2.75, 3.05) is 19.8 Å². The van der Waals surface area contributed by atoms with Gasteiger partial charge in [0.1, 0.15) is 30.6 Å². The van der Waals surface area contributed by atoms with Crippen LogP contribution in [0.5, 0.6) is 0 Å². The largest absolute Gasteiger partial charge is 0.377 e. The van der Waals surface area contributed by atoms with E-state index < -0.39 is 86.9 Å². The van der Waals surface area contributed by atoms with E-state index in [4.69, 9.17) is 14.2 Å². The number of rotatable bonds is 5. The summed E-state index contributed by atoms with van der Waals surface area (Å²) in [6, 6.07) is 0.